The fourth-order valence-electron chi connectivity index (χ4n) is 4.19. The topological polar surface area (TPSA) is 42.0 Å². The Morgan fingerprint density at radius 3 is 2.48 bits per heavy atom. The standard InChI is InChI=1S/C21H21FN2O3/c22-15-1-3-16(4-2-15)23-7-9-24(10-8-23)21(25)19-17-6-12-26-18(17)13-14-5-11-27-20(14)19/h1-4,13H,5-12H2. The van der Waals surface area contributed by atoms with Gasteiger partial charge < -0.3 is 19.3 Å². The van der Waals surface area contributed by atoms with Gasteiger partial charge in [0.2, 0.25) is 0 Å². The highest BCUT2D eigenvalue weighted by molar-refractivity contribution is 6.00. The summed E-state index contributed by atoms with van der Waals surface area (Å²) in [6, 6.07) is 8.55. The zero-order valence-electron chi connectivity index (χ0n) is 15.0. The maximum atomic E-state index is 13.3. The van der Waals surface area contributed by atoms with Crippen molar-refractivity contribution in [1.29, 1.82) is 0 Å². The van der Waals surface area contributed by atoms with Gasteiger partial charge in [0.1, 0.15) is 17.3 Å². The average molecular weight is 368 g/mol. The molecule has 0 aromatic heterocycles. The van der Waals surface area contributed by atoms with Gasteiger partial charge in [-0.3, -0.25) is 4.79 Å². The Bertz CT molecular complexity index is 857. The lowest BCUT2D eigenvalue weighted by molar-refractivity contribution is 0.0742. The maximum absolute atomic E-state index is 13.3. The van der Waals surface area contributed by atoms with Crippen LogP contribution in [-0.4, -0.2) is 50.2 Å². The molecule has 0 aliphatic carbocycles. The van der Waals surface area contributed by atoms with Crippen LogP contribution in [0.3, 0.4) is 0 Å². The van der Waals surface area contributed by atoms with Gasteiger partial charge >= 0.3 is 0 Å². The zero-order valence-corrected chi connectivity index (χ0v) is 15.0. The van der Waals surface area contributed by atoms with Crippen LogP contribution in [0.1, 0.15) is 21.5 Å². The van der Waals surface area contributed by atoms with Gasteiger partial charge in [0.15, 0.2) is 0 Å². The van der Waals surface area contributed by atoms with Gasteiger partial charge in [0.25, 0.3) is 5.91 Å². The molecule has 3 aliphatic heterocycles. The first-order chi connectivity index (χ1) is 13.2. The molecule has 1 amide bonds. The molecule has 0 unspecified atom stereocenters. The number of carbonyl (C=O) groups excluding carboxylic acids is 1. The van der Waals surface area contributed by atoms with Crippen molar-refractivity contribution in [2.75, 3.05) is 44.3 Å². The number of hydrogen-bond donors (Lipinski definition) is 0. The lowest BCUT2D eigenvalue weighted by Gasteiger charge is -2.36. The number of benzene rings is 2. The van der Waals surface area contributed by atoms with Gasteiger partial charge in [0, 0.05) is 55.8 Å². The highest BCUT2D eigenvalue weighted by Crippen LogP contribution is 2.41. The van der Waals surface area contributed by atoms with Gasteiger partial charge in [0.05, 0.1) is 18.8 Å². The number of carbonyl (C=O) groups is 1. The van der Waals surface area contributed by atoms with Crippen LogP contribution in [0.2, 0.25) is 0 Å². The molecule has 2 aromatic rings. The van der Waals surface area contributed by atoms with Crippen molar-refractivity contribution in [3.05, 3.63) is 52.8 Å². The molecule has 1 saturated heterocycles. The molecule has 0 spiro atoms. The van der Waals surface area contributed by atoms with E-state index in [0.29, 0.717) is 31.9 Å². The number of amides is 1. The van der Waals surface area contributed by atoms with E-state index in [1.165, 1.54) is 12.1 Å². The van der Waals surface area contributed by atoms with E-state index in [2.05, 4.69) is 4.90 Å². The SMILES string of the molecule is O=C(c1c2c(cc3c1OCC3)OCC2)N1CCN(c2ccc(F)cc2)CC1. The zero-order chi connectivity index (χ0) is 18.4. The second kappa shape index (κ2) is 6.44. The number of halogens is 1. The highest BCUT2D eigenvalue weighted by atomic mass is 19.1. The smallest absolute Gasteiger partial charge is 0.258 e. The van der Waals surface area contributed by atoms with Crippen molar-refractivity contribution in [2.24, 2.45) is 0 Å². The van der Waals surface area contributed by atoms with Crippen molar-refractivity contribution >= 4 is 11.6 Å². The molecule has 3 aliphatic rings. The molecule has 2 aromatic carbocycles. The summed E-state index contributed by atoms with van der Waals surface area (Å²) in [6.07, 6.45) is 1.58. The first-order valence-corrected chi connectivity index (χ1v) is 9.45. The predicted molar refractivity (Wildman–Crippen MR) is 99.4 cm³/mol. The van der Waals surface area contributed by atoms with Crippen LogP contribution in [0.5, 0.6) is 11.5 Å². The summed E-state index contributed by atoms with van der Waals surface area (Å²) >= 11 is 0. The Labute approximate surface area is 157 Å². The van der Waals surface area contributed by atoms with E-state index < -0.39 is 0 Å². The molecule has 27 heavy (non-hydrogen) atoms. The molecule has 5 rings (SSSR count). The normalized spacial score (nSPS) is 18.0. The number of rotatable bonds is 2. The monoisotopic (exact) mass is 368 g/mol. The van der Waals surface area contributed by atoms with E-state index in [1.807, 2.05) is 11.0 Å². The molecule has 5 nitrogen and oxygen atoms in total. The van der Waals surface area contributed by atoms with E-state index in [1.54, 1.807) is 12.1 Å². The minimum atomic E-state index is -0.235. The highest BCUT2D eigenvalue weighted by Gasteiger charge is 2.33. The molecular formula is C21H21FN2O3. The number of hydrogen-bond acceptors (Lipinski definition) is 4. The molecular weight excluding hydrogens is 347 g/mol. The average Bonchev–Trinajstić information content (AvgIpc) is 3.35. The van der Waals surface area contributed by atoms with Gasteiger partial charge in [-0.2, -0.15) is 0 Å². The van der Waals surface area contributed by atoms with Crippen LogP contribution in [0.15, 0.2) is 30.3 Å². The van der Waals surface area contributed by atoms with Crippen molar-refractivity contribution in [1.82, 2.24) is 4.90 Å². The lowest BCUT2D eigenvalue weighted by atomic mass is 9.98. The van der Waals surface area contributed by atoms with Crippen LogP contribution in [0.25, 0.3) is 0 Å². The lowest BCUT2D eigenvalue weighted by Crippen LogP contribution is -2.49. The molecule has 0 N–H and O–H groups in total. The predicted octanol–water partition coefficient (Wildman–Crippen LogP) is 2.66. The minimum absolute atomic E-state index is 0.0363. The largest absolute Gasteiger partial charge is 0.493 e. The summed E-state index contributed by atoms with van der Waals surface area (Å²) in [5, 5.41) is 0. The molecule has 0 radical (unpaired) electrons. The number of piperazine rings is 1. The summed E-state index contributed by atoms with van der Waals surface area (Å²) < 4.78 is 24.7. The quantitative estimate of drug-likeness (QED) is 0.817. The van der Waals surface area contributed by atoms with E-state index in [9.17, 15) is 9.18 Å². The first kappa shape index (κ1) is 16.4. The van der Waals surface area contributed by atoms with Crippen LogP contribution < -0.4 is 14.4 Å². The summed E-state index contributed by atoms with van der Waals surface area (Å²) in [7, 11) is 0. The van der Waals surface area contributed by atoms with Crippen LogP contribution in [0.4, 0.5) is 10.1 Å². The number of nitrogens with zero attached hydrogens (tertiary/aromatic N) is 2. The van der Waals surface area contributed by atoms with Crippen LogP contribution in [0, 0.1) is 5.82 Å². The second-order valence-corrected chi connectivity index (χ2v) is 7.17. The maximum Gasteiger partial charge on any atom is 0.258 e. The van der Waals surface area contributed by atoms with Crippen molar-refractivity contribution in [3.8, 4) is 11.5 Å². The molecule has 0 atom stereocenters. The van der Waals surface area contributed by atoms with Crippen molar-refractivity contribution in [3.63, 3.8) is 0 Å². The summed E-state index contributed by atoms with van der Waals surface area (Å²) in [5.74, 6) is 1.40. The molecule has 3 heterocycles. The number of anilines is 1. The third kappa shape index (κ3) is 2.80. The summed E-state index contributed by atoms with van der Waals surface area (Å²) in [5.41, 5.74) is 3.75. The molecule has 140 valence electrons. The molecule has 0 bridgehead atoms. The van der Waals surface area contributed by atoms with Gasteiger partial charge in [-0.25, -0.2) is 4.39 Å². The molecule has 6 heteroatoms. The Morgan fingerprint density at radius 2 is 1.70 bits per heavy atom. The Hall–Kier alpha value is -2.76. The third-order valence-corrected chi connectivity index (χ3v) is 5.62. The van der Waals surface area contributed by atoms with Crippen LogP contribution in [-0.2, 0) is 12.8 Å². The summed E-state index contributed by atoms with van der Waals surface area (Å²) in [4.78, 5) is 17.4. The fraction of sp³-hybridized carbons (Fsp3) is 0.381. The van der Waals surface area contributed by atoms with E-state index >= 15 is 0 Å². The van der Waals surface area contributed by atoms with E-state index in [-0.39, 0.29) is 11.7 Å². The van der Waals surface area contributed by atoms with Crippen LogP contribution >= 0.6 is 0 Å². The Morgan fingerprint density at radius 1 is 0.963 bits per heavy atom. The molecule has 1 fully saturated rings. The number of fused-ring (bicyclic) bond motifs is 2. The minimum Gasteiger partial charge on any atom is -0.493 e. The van der Waals surface area contributed by atoms with Crippen molar-refractivity contribution < 1.29 is 18.7 Å². The fourth-order valence-corrected chi connectivity index (χ4v) is 4.19. The first-order valence-electron chi connectivity index (χ1n) is 9.45. The van der Waals surface area contributed by atoms with Gasteiger partial charge in [-0.1, -0.05) is 0 Å². The Kier molecular flexibility index (Phi) is 3.92. The second-order valence-electron chi connectivity index (χ2n) is 7.17. The Balaban J connectivity index is 1.37. The molecule has 0 saturated carbocycles. The van der Waals surface area contributed by atoms with Gasteiger partial charge in [-0.05, 0) is 30.3 Å². The number of ether oxygens (including phenoxy) is 2. The van der Waals surface area contributed by atoms with Gasteiger partial charge in [-0.15, -0.1) is 0 Å². The van der Waals surface area contributed by atoms with Crippen molar-refractivity contribution in [2.45, 2.75) is 12.8 Å². The third-order valence-electron chi connectivity index (χ3n) is 5.62. The van der Waals surface area contributed by atoms with E-state index in [4.69, 9.17) is 9.47 Å². The van der Waals surface area contributed by atoms with E-state index in [0.717, 1.165) is 54.2 Å². The summed E-state index contributed by atoms with van der Waals surface area (Å²) in [6.45, 7) is 3.97.